The summed E-state index contributed by atoms with van der Waals surface area (Å²) in [6.45, 7) is 0. The van der Waals surface area contributed by atoms with Crippen LogP contribution in [-0.2, 0) is 0 Å². The smallest absolute Gasteiger partial charge is 0.255 e. The Morgan fingerprint density at radius 3 is 2.28 bits per heavy atom. The third-order valence-electron chi connectivity index (χ3n) is 2.11. The Labute approximate surface area is 129 Å². The van der Waals surface area contributed by atoms with Crippen LogP contribution in [0, 0.1) is 0 Å². The number of nitrogens with zero attached hydrogens (tertiary/aromatic N) is 1. The predicted octanol–water partition coefficient (Wildman–Crippen LogP) is 4.62. The number of halogens is 3. The minimum absolute atomic E-state index is 0.180. The Morgan fingerprint density at radius 2 is 1.72 bits per heavy atom. The van der Waals surface area contributed by atoms with Gasteiger partial charge in [0, 0.05) is 14.5 Å². The normalized spacial score (nSPS) is 10.2. The Kier molecular flexibility index (Phi) is 4.53. The van der Waals surface area contributed by atoms with Gasteiger partial charge in [-0.3, -0.25) is 4.79 Å². The van der Waals surface area contributed by atoms with Crippen molar-refractivity contribution < 1.29 is 4.79 Å². The molecule has 0 radical (unpaired) electrons. The SMILES string of the molecule is O=C(Nc1ccc(Br)nc1)c1cc(Br)cc(Br)c1. The van der Waals surface area contributed by atoms with E-state index in [1.54, 1.807) is 30.5 Å². The monoisotopic (exact) mass is 432 g/mol. The summed E-state index contributed by atoms with van der Waals surface area (Å²) in [6.07, 6.45) is 1.59. The summed E-state index contributed by atoms with van der Waals surface area (Å²) in [5.41, 5.74) is 1.22. The van der Waals surface area contributed by atoms with Crippen molar-refractivity contribution in [3.63, 3.8) is 0 Å². The molecule has 92 valence electrons. The summed E-state index contributed by atoms with van der Waals surface area (Å²) in [4.78, 5) is 16.1. The zero-order chi connectivity index (χ0) is 13.1. The second kappa shape index (κ2) is 5.95. The third kappa shape index (κ3) is 3.63. The Balaban J connectivity index is 2.19. The van der Waals surface area contributed by atoms with Gasteiger partial charge in [-0.05, 0) is 46.3 Å². The van der Waals surface area contributed by atoms with E-state index in [-0.39, 0.29) is 5.91 Å². The molecule has 0 aliphatic rings. The van der Waals surface area contributed by atoms with Gasteiger partial charge in [0.2, 0.25) is 0 Å². The lowest BCUT2D eigenvalue weighted by Gasteiger charge is -2.06. The van der Waals surface area contributed by atoms with Crippen molar-refractivity contribution in [1.82, 2.24) is 4.98 Å². The van der Waals surface area contributed by atoms with Gasteiger partial charge < -0.3 is 5.32 Å². The highest BCUT2D eigenvalue weighted by Gasteiger charge is 2.08. The molecule has 0 saturated carbocycles. The summed E-state index contributed by atoms with van der Waals surface area (Å²) in [7, 11) is 0. The van der Waals surface area contributed by atoms with E-state index in [1.165, 1.54) is 0 Å². The van der Waals surface area contributed by atoms with Gasteiger partial charge in [0.1, 0.15) is 4.60 Å². The van der Waals surface area contributed by atoms with Crippen LogP contribution in [0.4, 0.5) is 5.69 Å². The number of nitrogens with one attached hydrogen (secondary N) is 1. The first kappa shape index (κ1) is 13.7. The standard InChI is InChI=1S/C12H7Br3N2O/c13-8-3-7(4-9(14)5-8)12(18)17-10-1-2-11(15)16-6-10/h1-6H,(H,17,18). The van der Waals surface area contributed by atoms with Crippen molar-refractivity contribution in [2.24, 2.45) is 0 Å². The van der Waals surface area contributed by atoms with Gasteiger partial charge in [-0.15, -0.1) is 0 Å². The number of amides is 1. The summed E-state index contributed by atoms with van der Waals surface area (Å²) < 4.78 is 2.41. The molecule has 1 aromatic heterocycles. The minimum Gasteiger partial charge on any atom is -0.321 e. The molecule has 0 aliphatic carbocycles. The van der Waals surface area contributed by atoms with Crippen molar-refractivity contribution in [2.75, 3.05) is 5.32 Å². The molecule has 1 amide bonds. The molecule has 0 atom stereocenters. The highest BCUT2D eigenvalue weighted by atomic mass is 79.9. The number of pyridine rings is 1. The molecular formula is C12H7Br3N2O. The molecule has 1 N–H and O–H groups in total. The molecule has 2 aromatic rings. The first-order valence-electron chi connectivity index (χ1n) is 4.93. The number of rotatable bonds is 2. The molecule has 0 spiro atoms. The number of hydrogen-bond donors (Lipinski definition) is 1. The van der Waals surface area contributed by atoms with Gasteiger partial charge in [0.05, 0.1) is 11.9 Å². The van der Waals surface area contributed by atoms with Crippen LogP contribution in [0.1, 0.15) is 10.4 Å². The van der Waals surface area contributed by atoms with Crippen molar-refractivity contribution in [1.29, 1.82) is 0 Å². The van der Waals surface area contributed by atoms with E-state index in [0.29, 0.717) is 11.3 Å². The quantitative estimate of drug-likeness (QED) is 0.701. The molecular weight excluding hydrogens is 428 g/mol. The van der Waals surface area contributed by atoms with E-state index in [1.807, 2.05) is 6.07 Å². The number of aromatic nitrogens is 1. The van der Waals surface area contributed by atoms with Gasteiger partial charge in [0.15, 0.2) is 0 Å². The average Bonchev–Trinajstić information content (AvgIpc) is 2.31. The third-order valence-corrected chi connectivity index (χ3v) is 3.49. The highest BCUT2D eigenvalue weighted by Crippen LogP contribution is 2.21. The number of anilines is 1. The summed E-state index contributed by atoms with van der Waals surface area (Å²) in [6, 6.07) is 8.94. The Bertz CT molecular complexity index is 564. The summed E-state index contributed by atoms with van der Waals surface area (Å²) in [5.74, 6) is -0.180. The number of carbonyl (C=O) groups is 1. The molecule has 1 aromatic carbocycles. The lowest BCUT2D eigenvalue weighted by molar-refractivity contribution is 0.102. The highest BCUT2D eigenvalue weighted by molar-refractivity contribution is 9.11. The number of carbonyl (C=O) groups excluding carboxylic acids is 1. The van der Waals surface area contributed by atoms with E-state index in [4.69, 9.17) is 0 Å². The van der Waals surface area contributed by atoms with E-state index in [9.17, 15) is 4.79 Å². The summed E-state index contributed by atoms with van der Waals surface area (Å²) >= 11 is 9.93. The first-order chi connectivity index (χ1) is 8.54. The number of hydrogen-bond acceptors (Lipinski definition) is 2. The molecule has 0 bridgehead atoms. The predicted molar refractivity (Wildman–Crippen MR) is 81.7 cm³/mol. The van der Waals surface area contributed by atoms with Crippen LogP contribution >= 0.6 is 47.8 Å². The van der Waals surface area contributed by atoms with Crippen LogP contribution in [0.5, 0.6) is 0 Å². The minimum atomic E-state index is -0.180. The van der Waals surface area contributed by atoms with Gasteiger partial charge in [-0.1, -0.05) is 31.9 Å². The topological polar surface area (TPSA) is 42.0 Å². The van der Waals surface area contributed by atoms with Crippen LogP contribution in [0.2, 0.25) is 0 Å². The molecule has 2 rings (SSSR count). The van der Waals surface area contributed by atoms with Crippen molar-refractivity contribution in [3.8, 4) is 0 Å². The maximum absolute atomic E-state index is 12.0. The van der Waals surface area contributed by atoms with Crippen molar-refractivity contribution in [2.45, 2.75) is 0 Å². The number of benzene rings is 1. The van der Waals surface area contributed by atoms with Gasteiger partial charge in [-0.2, -0.15) is 0 Å². The second-order valence-corrected chi connectivity index (χ2v) is 6.13. The van der Waals surface area contributed by atoms with E-state index < -0.39 is 0 Å². The zero-order valence-corrected chi connectivity index (χ0v) is 13.7. The van der Waals surface area contributed by atoms with E-state index in [2.05, 4.69) is 58.1 Å². The van der Waals surface area contributed by atoms with Crippen molar-refractivity contribution in [3.05, 3.63) is 55.6 Å². The lowest BCUT2D eigenvalue weighted by atomic mass is 10.2. The molecule has 0 aliphatic heterocycles. The van der Waals surface area contributed by atoms with Crippen LogP contribution in [0.25, 0.3) is 0 Å². The molecule has 0 unspecified atom stereocenters. The van der Waals surface area contributed by atoms with Crippen molar-refractivity contribution >= 4 is 59.4 Å². The largest absolute Gasteiger partial charge is 0.321 e. The first-order valence-corrected chi connectivity index (χ1v) is 7.31. The molecule has 1 heterocycles. The fraction of sp³-hybridized carbons (Fsp3) is 0. The average molecular weight is 435 g/mol. The van der Waals surface area contributed by atoms with Crippen LogP contribution in [0.3, 0.4) is 0 Å². The molecule has 0 fully saturated rings. The molecule has 18 heavy (non-hydrogen) atoms. The van der Waals surface area contributed by atoms with Crippen LogP contribution < -0.4 is 5.32 Å². The van der Waals surface area contributed by atoms with Crippen LogP contribution in [-0.4, -0.2) is 10.9 Å². The lowest BCUT2D eigenvalue weighted by Crippen LogP contribution is -2.12. The van der Waals surface area contributed by atoms with E-state index in [0.717, 1.165) is 13.5 Å². The maximum atomic E-state index is 12.0. The molecule has 0 saturated heterocycles. The Hall–Kier alpha value is -0.720. The molecule has 6 heteroatoms. The van der Waals surface area contributed by atoms with Gasteiger partial charge in [0.25, 0.3) is 5.91 Å². The van der Waals surface area contributed by atoms with Crippen LogP contribution in [0.15, 0.2) is 50.1 Å². The van der Waals surface area contributed by atoms with E-state index >= 15 is 0 Å². The Morgan fingerprint density at radius 1 is 1.06 bits per heavy atom. The summed E-state index contributed by atoms with van der Waals surface area (Å²) in [5, 5.41) is 2.78. The second-order valence-electron chi connectivity index (χ2n) is 3.48. The van der Waals surface area contributed by atoms with Gasteiger partial charge in [-0.25, -0.2) is 4.98 Å². The fourth-order valence-electron chi connectivity index (χ4n) is 1.34. The maximum Gasteiger partial charge on any atom is 0.255 e. The van der Waals surface area contributed by atoms with Gasteiger partial charge >= 0.3 is 0 Å². The zero-order valence-electron chi connectivity index (χ0n) is 8.95. The molecule has 3 nitrogen and oxygen atoms in total. The fourth-order valence-corrected chi connectivity index (χ4v) is 2.87.